The lowest BCUT2D eigenvalue weighted by Gasteiger charge is -2.18. The second-order valence-electron chi connectivity index (χ2n) is 4.02. The molecule has 0 aliphatic heterocycles. The monoisotopic (exact) mass is 284 g/mol. The Balaban J connectivity index is 3.20. The van der Waals surface area contributed by atoms with Crippen molar-refractivity contribution in [1.29, 1.82) is 0 Å². The van der Waals surface area contributed by atoms with Gasteiger partial charge in [0.1, 0.15) is 6.10 Å². The number of hydrogen-bond acceptors (Lipinski definition) is 6. The largest absolute Gasteiger partial charge is 0.478 e. The maximum atomic E-state index is 11.0. The molecule has 0 fully saturated rings. The van der Waals surface area contributed by atoms with Gasteiger partial charge in [0.15, 0.2) is 0 Å². The number of nitro groups is 1. The maximum absolute atomic E-state index is 11.0. The van der Waals surface area contributed by atoms with Crippen molar-refractivity contribution >= 4 is 17.6 Å². The van der Waals surface area contributed by atoms with Crippen molar-refractivity contribution in [3.63, 3.8) is 0 Å². The Morgan fingerprint density at radius 2 is 1.95 bits per heavy atom. The van der Waals surface area contributed by atoms with E-state index in [1.165, 1.54) is 0 Å². The van der Waals surface area contributed by atoms with Gasteiger partial charge in [-0.15, -0.1) is 0 Å². The zero-order chi connectivity index (χ0) is 15.4. The summed E-state index contributed by atoms with van der Waals surface area (Å²) in [5.41, 5.74) is 3.61. The number of nitrogens with zero attached hydrogens (tertiary/aromatic N) is 1. The standard InChI is InChI=1S/C11H12N2O7/c12-9(15)4-8(14)10(16)6-2-1-5(13(19)20)3-7(6)11(17)18/h1-3,8,10,14,16H,4H2,(H2,12,15)(H,17,18). The third kappa shape index (κ3) is 3.49. The molecule has 0 aliphatic carbocycles. The van der Waals surface area contributed by atoms with Crippen molar-refractivity contribution < 1.29 is 29.8 Å². The molecule has 0 saturated heterocycles. The number of nitrogens with two attached hydrogens (primary N) is 1. The molecule has 2 unspecified atom stereocenters. The molecule has 20 heavy (non-hydrogen) atoms. The molecule has 2 atom stereocenters. The van der Waals surface area contributed by atoms with Crippen LogP contribution in [0.5, 0.6) is 0 Å². The number of amides is 1. The van der Waals surface area contributed by atoms with Crippen LogP contribution in [0.3, 0.4) is 0 Å². The predicted octanol–water partition coefficient (Wildman–Crippen LogP) is -0.437. The molecule has 5 N–H and O–H groups in total. The Kier molecular flexibility index (Phi) is 4.73. The summed E-state index contributed by atoms with van der Waals surface area (Å²) in [4.78, 5) is 31.5. The highest BCUT2D eigenvalue weighted by Crippen LogP contribution is 2.26. The van der Waals surface area contributed by atoms with Gasteiger partial charge in [-0.05, 0) is 11.6 Å². The van der Waals surface area contributed by atoms with E-state index in [0.29, 0.717) is 0 Å². The Hall–Kier alpha value is -2.52. The number of primary amides is 1. The van der Waals surface area contributed by atoms with Crippen LogP contribution in [0.1, 0.15) is 28.4 Å². The second-order valence-corrected chi connectivity index (χ2v) is 4.02. The lowest BCUT2D eigenvalue weighted by molar-refractivity contribution is -0.384. The van der Waals surface area contributed by atoms with Crippen LogP contribution in [0.2, 0.25) is 0 Å². The highest BCUT2D eigenvalue weighted by molar-refractivity contribution is 5.90. The third-order valence-corrected chi connectivity index (χ3v) is 2.57. The first kappa shape index (κ1) is 15.5. The van der Waals surface area contributed by atoms with Crippen LogP contribution in [0, 0.1) is 10.1 Å². The Labute approximate surface area is 112 Å². The van der Waals surface area contributed by atoms with Crippen LogP contribution < -0.4 is 5.73 Å². The molecule has 1 rings (SSSR count). The Morgan fingerprint density at radius 1 is 1.35 bits per heavy atom. The van der Waals surface area contributed by atoms with Crippen molar-refractivity contribution in [3.05, 3.63) is 39.4 Å². The van der Waals surface area contributed by atoms with Crippen LogP contribution >= 0.6 is 0 Å². The van der Waals surface area contributed by atoms with Gasteiger partial charge in [-0.1, -0.05) is 0 Å². The Morgan fingerprint density at radius 3 is 2.40 bits per heavy atom. The van der Waals surface area contributed by atoms with Crippen LogP contribution in [0.15, 0.2) is 18.2 Å². The molecular weight excluding hydrogens is 272 g/mol. The number of aliphatic hydroxyl groups is 2. The number of benzene rings is 1. The molecule has 0 radical (unpaired) electrons. The molecule has 0 spiro atoms. The Bertz CT molecular complexity index is 558. The molecule has 0 heterocycles. The van der Waals surface area contributed by atoms with E-state index < -0.39 is 46.7 Å². The summed E-state index contributed by atoms with van der Waals surface area (Å²) < 4.78 is 0. The first-order valence-corrected chi connectivity index (χ1v) is 5.40. The van der Waals surface area contributed by atoms with Gasteiger partial charge in [0.2, 0.25) is 5.91 Å². The van der Waals surface area contributed by atoms with Gasteiger partial charge in [-0.3, -0.25) is 14.9 Å². The average molecular weight is 284 g/mol. The molecule has 9 heteroatoms. The minimum absolute atomic E-state index is 0.239. The second kappa shape index (κ2) is 6.08. The number of aliphatic hydroxyl groups excluding tert-OH is 2. The minimum Gasteiger partial charge on any atom is -0.478 e. The van der Waals surface area contributed by atoms with Crippen LogP contribution in [-0.4, -0.2) is 38.2 Å². The summed E-state index contributed by atoms with van der Waals surface area (Å²) in [6, 6.07) is 2.76. The van der Waals surface area contributed by atoms with Gasteiger partial charge in [-0.2, -0.15) is 0 Å². The van der Waals surface area contributed by atoms with E-state index in [2.05, 4.69) is 0 Å². The van der Waals surface area contributed by atoms with E-state index in [9.17, 15) is 29.9 Å². The fraction of sp³-hybridized carbons (Fsp3) is 0.273. The van der Waals surface area contributed by atoms with Gasteiger partial charge in [0.05, 0.1) is 23.0 Å². The lowest BCUT2D eigenvalue weighted by Crippen LogP contribution is -2.26. The number of carboxylic acids is 1. The molecule has 0 saturated carbocycles. The number of carbonyl (C=O) groups is 2. The van der Waals surface area contributed by atoms with Gasteiger partial charge in [-0.25, -0.2) is 4.79 Å². The number of carboxylic acid groups (broad SMARTS) is 1. The van der Waals surface area contributed by atoms with Gasteiger partial charge >= 0.3 is 5.97 Å². The molecule has 9 nitrogen and oxygen atoms in total. The van der Waals surface area contributed by atoms with E-state index in [4.69, 9.17) is 10.8 Å². The fourth-order valence-electron chi connectivity index (χ4n) is 1.63. The molecule has 108 valence electrons. The van der Waals surface area contributed by atoms with Crippen LogP contribution in [0.25, 0.3) is 0 Å². The first-order valence-electron chi connectivity index (χ1n) is 5.40. The summed E-state index contributed by atoms with van der Waals surface area (Å²) in [6.07, 6.45) is -3.88. The number of nitro benzene ring substituents is 1. The zero-order valence-electron chi connectivity index (χ0n) is 10.1. The summed E-state index contributed by atoms with van der Waals surface area (Å²) in [5, 5.41) is 38.9. The van der Waals surface area contributed by atoms with E-state index in [-0.39, 0.29) is 5.56 Å². The number of non-ortho nitro benzene ring substituents is 1. The maximum Gasteiger partial charge on any atom is 0.336 e. The van der Waals surface area contributed by atoms with Gasteiger partial charge < -0.3 is 21.1 Å². The fourth-order valence-corrected chi connectivity index (χ4v) is 1.63. The van der Waals surface area contributed by atoms with Gasteiger partial charge in [0.25, 0.3) is 5.69 Å². The quantitative estimate of drug-likeness (QED) is 0.406. The SMILES string of the molecule is NC(=O)CC(O)C(O)c1ccc([N+](=O)[O-])cc1C(=O)O. The summed E-state index contributed by atoms with van der Waals surface area (Å²) in [7, 11) is 0. The highest BCUT2D eigenvalue weighted by atomic mass is 16.6. The molecule has 1 aromatic rings. The third-order valence-electron chi connectivity index (χ3n) is 2.57. The summed E-state index contributed by atoms with van der Waals surface area (Å²) in [5.74, 6) is -2.38. The summed E-state index contributed by atoms with van der Waals surface area (Å²) >= 11 is 0. The molecule has 0 aromatic heterocycles. The van der Waals surface area contributed by atoms with Crippen molar-refractivity contribution in [1.82, 2.24) is 0 Å². The van der Waals surface area contributed by atoms with Crippen molar-refractivity contribution in [2.75, 3.05) is 0 Å². The van der Waals surface area contributed by atoms with Crippen molar-refractivity contribution in [2.45, 2.75) is 18.6 Å². The normalized spacial score (nSPS) is 13.5. The number of carbonyl (C=O) groups excluding carboxylic acids is 1. The average Bonchev–Trinajstić information content (AvgIpc) is 2.36. The van der Waals surface area contributed by atoms with E-state index in [1.807, 2.05) is 0 Å². The van der Waals surface area contributed by atoms with Crippen LogP contribution in [0.4, 0.5) is 5.69 Å². The zero-order valence-corrected chi connectivity index (χ0v) is 10.1. The minimum atomic E-state index is -1.70. The first-order chi connectivity index (χ1) is 9.23. The predicted molar refractivity (Wildman–Crippen MR) is 64.8 cm³/mol. The molecule has 0 aliphatic rings. The highest BCUT2D eigenvalue weighted by Gasteiger charge is 2.26. The number of rotatable bonds is 6. The van der Waals surface area contributed by atoms with Crippen LogP contribution in [-0.2, 0) is 4.79 Å². The number of hydrogen-bond donors (Lipinski definition) is 4. The smallest absolute Gasteiger partial charge is 0.336 e. The van der Waals surface area contributed by atoms with E-state index in [1.54, 1.807) is 0 Å². The van der Waals surface area contributed by atoms with E-state index in [0.717, 1.165) is 18.2 Å². The van der Waals surface area contributed by atoms with E-state index >= 15 is 0 Å². The molecule has 0 bridgehead atoms. The molecule has 1 aromatic carbocycles. The topological polar surface area (TPSA) is 164 Å². The van der Waals surface area contributed by atoms with Crippen molar-refractivity contribution in [3.8, 4) is 0 Å². The number of aromatic carboxylic acids is 1. The summed E-state index contributed by atoms with van der Waals surface area (Å²) in [6.45, 7) is 0. The molecule has 1 amide bonds. The lowest BCUT2D eigenvalue weighted by atomic mass is 9.96. The molecular formula is C11H12N2O7. The van der Waals surface area contributed by atoms with Gasteiger partial charge in [0, 0.05) is 12.1 Å². The van der Waals surface area contributed by atoms with Crippen molar-refractivity contribution in [2.24, 2.45) is 5.73 Å².